The van der Waals surface area contributed by atoms with Gasteiger partial charge in [0.15, 0.2) is 11.5 Å². The Morgan fingerprint density at radius 1 is 0.967 bits per heavy atom. The maximum Gasteiger partial charge on any atom is 0.205 e. The minimum absolute atomic E-state index is 0.568. The molecule has 30 heavy (non-hydrogen) atoms. The molecule has 0 saturated heterocycles. The van der Waals surface area contributed by atoms with Gasteiger partial charge in [-0.25, -0.2) is 4.68 Å². The molecule has 0 aliphatic heterocycles. The van der Waals surface area contributed by atoms with Crippen molar-refractivity contribution in [3.8, 4) is 28.5 Å². The van der Waals surface area contributed by atoms with Gasteiger partial charge < -0.3 is 14.2 Å². The Morgan fingerprint density at radius 2 is 1.70 bits per heavy atom. The molecule has 0 radical (unpaired) electrons. The van der Waals surface area contributed by atoms with Crippen molar-refractivity contribution in [3.05, 3.63) is 57.7 Å². The largest absolute Gasteiger partial charge is 0.493 e. The Morgan fingerprint density at radius 3 is 2.37 bits per heavy atom. The molecule has 6 nitrogen and oxygen atoms in total. The van der Waals surface area contributed by atoms with E-state index in [1.165, 1.54) is 11.1 Å². The maximum atomic E-state index is 5.54. The number of hydrogen-bond donors (Lipinski definition) is 0. The number of rotatable bonds is 5. The lowest BCUT2D eigenvalue weighted by Gasteiger charge is -2.18. The van der Waals surface area contributed by atoms with E-state index in [0.29, 0.717) is 17.2 Å². The van der Waals surface area contributed by atoms with E-state index in [0.717, 1.165) is 41.0 Å². The Kier molecular flexibility index (Phi) is 5.90. The second kappa shape index (κ2) is 8.75. The summed E-state index contributed by atoms with van der Waals surface area (Å²) in [5.74, 6) is 1.78. The van der Waals surface area contributed by atoms with Crippen LogP contribution < -0.4 is 19.0 Å². The lowest BCUT2D eigenvalue weighted by atomic mass is 9.90. The molecule has 0 spiro atoms. The summed E-state index contributed by atoms with van der Waals surface area (Å²) in [5.41, 5.74) is 5.50. The number of thiazole rings is 1. The Hall–Kier alpha value is -3.06. The summed E-state index contributed by atoms with van der Waals surface area (Å²) in [6.07, 6.45) is 3.13. The van der Waals surface area contributed by atoms with Crippen LogP contribution in [-0.4, -0.2) is 38.8 Å². The minimum atomic E-state index is 0.568. The van der Waals surface area contributed by atoms with Crippen LogP contribution >= 0.6 is 11.3 Å². The second-order valence-electron chi connectivity index (χ2n) is 6.91. The Bertz CT molecular complexity index is 1140. The first kappa shape index (κ1) is 20.2. The first-order valence-corrected chi connectivity index (χ1v) is 10.7. The fourth-order valence-electron chi connectivity index (χ4n) is 3.80. The molecule has 0 unspecified atom stereocenters. The second-order valence-corrected chi connectivity index (χ2v) is 7.75. The van der Waals surface area contributed by atoms with Crippen LogP contribution in [-0.2, 0) is 6.42 Å². The molecule has 4 rings (SSSR count). The SMILES string of the molecule is CN=c1scc(-c2cc(OC)c(OC)c(OC)c2)n1N=C1CCCc2ccccc21. The van der Waals surface area contributed by atoms with Crippen molar-refractivity contribution in [1.82, 2.24) is 4.68 Å². The number of hydrogen-bond acceptors (Lipinski definition) is 6. The highest BCUT2D eigenvalue weighted by Crippen LogP contribution is 2.41. The number of ether oxygens (including phenoxy) is 3. The third-order valence-corrected chi connectivity index (χ3v) is 6.15. The van der Waals surface area contributed by atoms with Gasteiger partial charge in [-0.3, -0.25) is 4.99 Å². The van der Waals surface area contributed by atoms with E-state index in [1.807, 2.05) is 16.8 Å². The molecule has 2 aromatic carbocycles. The summed E-state index contributed by atoms with van der Waals surface area (Å²) in [5, 5.41) is 7.11. The molecule has 0 N–H and O–H groups in total. The summed E-state index contributed by atoms with van der Waals surface area (Å²) in [6, 6.07) is 12.4. The molecule has 0 amide bonds. The van der Waals surface area contributed by atoms with Gasteiger partial charge in [0.05, 0.1) is 32.7 Å². The molecular weight excluding hydrogens is 398 g/mol. The van der Waals surface area contributed by atoms with Gasteiger partial charge in [0, 0.05) is 23.6 Å². The smallest absolute Gasteiger partial charge is 0.205 e. The van der Waals surface area contributed by atoms with Gasteiger partial charge in [-0.05, 0) is 37.0 Å². The zero-order valence-corrected chi connectivity index (χ0v) is 18.5. The predicted octanol–water partition coefficient (Wildman–Crippen LogP) is 4.36. The predicted molar refractivity (Wildman–Crippen MR) is 120 cm³/mol. The van der Waals surface area contributed by atoms with Crippen molar-refractivity contribution in [3.63, 3.8) is 0 Å². The topological polar surface area (TPSA) is 57.3 Å². The van der Waals surface area contributed by atoms with Crippen molar-refractivity contribution < 1.29 is 14.2 Å². The van der Waals surface area contributed by atoms with E-state index in [4.69, 9.17) is 19.3 Å². The molecule has 0 fully saturated rings. The average molecular weight is 424 g/mol. The van der Waals surface area contributed by atoms with Crippen LogP contribution in [0.15, 0.2) is 51.9 Å². The van der Waals surface area contributed by atoms with Crippen LogP contribution in [0.25, 0.3) is 11.3 Å². The van der Waals surface area contributed by atoms with Crippen molar-refractivity contribution in [1.29, 1.82) is 0 Å². The molecule has 1 aliphatic carbocycles. The molecule has 0 saturated carbocycles. The summed E-state index contributed by atoms with van der Waals surface area (Å²) in [6.45, 7) is 0. The van der Waals surface area contributed by atoms with Gasteiger partial charge in [-0.2, -0.15) is 5.10 Å². The quantitative estimate of drug-likeness (QED) is 0.613. The number of methoxy groups -OCH3 is 3. The van der Waals surface area contributed by atoms with Crippen molar-refractivity contribution in [2.24, 2.45) is 10.1 Å². The molecule has 1 aliphatic rings. The number of aryl methyl sites for hydroxylation is 1. The van der Waals surface area contributed by atoms with Crippen LogP contribution in [0.1, 0.15) is 24.0 Å². The van der Waals surface area contributed by atoms with Crippen molar-refractivity contribution in [2.75, 3.05) is 28.4 Å². The zero-order chi connectivity index (χ0) is 21.1. The van der Waals surface area contributed by atoms with Gasteiger partial charge in [0.25, 0.3) is 0 Å². The van der Waals surface area contributed by atoms with Crippen LogP contribution in [0.5, 0.6) is 17.2 Å². The Labute approximate surface area is 180 Å². The van der Waals surface area contributed by atoms with Crippen LogP contribution in [0.4, 0.5) is 0 Å². The van der Waals surface area contributed by atoms with Gasteiger partial charge >= 0.3 is 0 Å². The Balaban J connectivity index is 1.90. The number of nitrogens with zero attached hydrogens (tertiary/aromatic N) is 3. The summed E-state index contributed by atoms with van der Waals surface area (Å²) < 4.78 is 18.5. The van der Waals surface area contributed by atoms with Crippen molar-refractivity contribution >= 4 is 17.0 Å². The van der Waals surface area contributed by atoms with E-state index in [9.17, 15) is 0 Å². The lowest BCUT2D eigenvalue weighted by Crippen LogP contribution is -2.18. The fraction of sp³-hybridized carbons (Fsp3) is 0.304. The minimum Gasteiger partial charge on any atom is -0.493 e. The molecular formula is C23H25N3O3S. The van der Waals surface area contributed by atoms with Crippen LogP contribution in [0, 0.1) is 0 Å². The van der Waals surface area contributed by atoms with E-state index in [-0.39, 0.29) is 0 Å². The van der Waals surface area contributed by atoms with Gasteiger partial charge in [-0.15, -0.1) is 11.3 Å². The molecule has 1 aromatic heterocycles. The van der Waals surface area contributed by atoms with Crippen LogP contribution in [0.3, 0.4) is 0 Å². The highest BCUT2D eigenvalue weighted by atomic mass is 32.1. The molecule has 0 atom stereocenters. The zero-order valence-electron chi connectivity index (χ0n) is 17.6. The van der Waals surface area contributed by atoms with E-state index < -0.39 is 0 Å². The molecule has 156 valence electrons. The average Bonchev–Trinajstić information content (AvgIpc) is 3.20. The van der Waals surface area contributed by atoms with Gasteiger partial charge in [0.1, 0.15) is 0 Å². The highest BCUT2D eigenvalue weighted by Gasteiger charge is 2.19. The normalized spacial score (nSPS) is 15.2. The summed E-state index contributed by atoms with van der Waals surface area (Å²) >= 11 is 1.55. The lowest BCUT2D eigenvalue weighted by molar-refractivity contribution is 0.324. The summed E-state index contributed by atoms with van der Waals surface area (Å²) in [7, 11) is 6.63. The molecule has 1 heterocycles. The van der Waals surface area contributed by atoms with Crippen LogP contribution in [0.2, 0.25) is 0 Å². The fourth-order valence-corrected chi connectivity index (χ4v) is 4.60. The van der Waals surface area contributed by atoms with E-state index >= 15 is 0 Å². The molecule has 7 heteroatoms. The van der Waals surface area contributed by atoms with Gasteiger partial charge in [0.2, 0.25) is 10.6 Å². The summed E-state index contributed by atoms with van der Waals surface area (Å²) in [4.78, 5) is 5.27. The third-order valence-electron chi connectivity index (χ3n) is 5.25. The van der Waals surface area contributed by atoms with E-state index in [1.54, 1.807) is 39.7 Å². The number of benzene rings is 2. The van der Waals surface area contributed by atoms with Crippen molar-refractivity contribution in [2.45, 2.75) is 19.3 Å². The van der Waals surface area contributed by atoms with E-state index in [2.05, 4.69) is 34.6 Å². The monoisotopic (exact) mass is 423 g/mol. The van der Waals surface area contributed by atoms with Gasteiger partial charge in [-0.1, -0.05) is 24.3 Å². The number of aromatic nitrogens is 1. The highest BCUT2D eigenvalue weighted by molar-refractivity contribution is 7.07. The first-order chi connectivity index (χ1) is 14.7. The maximum absolute atomic E-state index is 5.54. The molecule has 3 aromatic rings. The first-order valence-electron chi connectivity index (χ1n) is 9.80. The third kappa shape index (κ3) is 3.61. The molecule has 0 bridgehead atoms. The number of fused-ring (bicyclic) bond motifs is 1. The standard InChI is InChI=1S/C23H25N3O3S/c1-24-23-26(25-18-11-7-9-15-8-5-6-10-17(15)18)19(14-30-23)16-12-20(27-2)22(29-4)21(13-16)28-3/h5-6,8,10,12-14H,7,9,11H2,1-4H3.